The maximum atomic E-state index is 11.8. The number of ether oxygens (including phenoxy) is 2. The number of hydrazone groups is 1. The molecule has 1 aliphatic rings. The van der Waals surface area contributed by atoms with E-state index in [2.05, 4.69) is 23.2 Å². The molecule has 1 N–H and O–H groups in total. The highest BCUT2D eigenvalue weighted by Gasteiger charge is 2.35. The van der Waals surface area contributed by atoms with E-state index < -0.39 is 16.8 Å². The third-order valence-electron chi connectivity index (χ3n) is 4.46. The number of benzene rings is 1. The Kier molecular flexibility index (Phi) is 8.79. The molecule has 0 radical (unpaired) electrons. The first-order valence-electron chi connectivity index (χ1n) is 10.1. The fourth-order valence-electron chi connectivity index (χ4n) is 2.85. The van der Waals surface area contributed by atoms with Crippen molar-refractivity contribution in [1.29, 1.82) is 0 Å². The molecule has 1 saturated carbocycles. The van der Waals surface area contributed by atoms with Gasteiger partial charge in [0.15, 0.2) is 11.6 Å². The molecule has 1 fully saturated rings. The van der Waals surface area contributed by atoms with Crippen LogP contribution in [0, 0.1) is 0 Å². The van der Waals surface area contributed by atoms with Crippen molar-refractivity contribution in [3.63, 3.8) is 0 Å². The lowest BCUT2D eigenvalue weighted by molar-refractivity contribution is -0.157. The molecule has 0 aliphatic heterocycles. The normalized spacial score (nSPS) is 15.2. The third-order valence-corrected chi connectivity index (χ3v) is 4.62. The molecule has 0 heterocycles. The maximum Gasteiger partial charge on any atom is 0.307 e. The second-order valence-corrected chi connectivity index (χ2v) is 9.21. The van der Waals surface area contributed by atoms with Gasteiger partial charge in [-0.25, -0.2) is 5.43 Å². The minimum absolute atomic E-state index is 0.0592. The number of esters is 1. The predicted octanol–water partition coefficient (Wildman–Crippen LogP) is 2.63. The van der Waals surface area contributed by atoms with Crippen molar-refractivity contribution in [2.75, 3.05) is 6.61 Å². The van der Waals surface area contributed by atoms with Gasteiger partial charge in [0.05, 0.1) is 12.3 Å². The van der Waals surface area contributed by atoms with Crippen molar-refractivity contribution >= 4 is 41.8 Å². The van der Waals surface area contributed by atoms with Crippen molar-refractivity contribution in [1.82, 2.24) is 5.43 Å². The van der Waals surface area contributed by atoms with Crippen molar-refractivity contribution in [2.24, 2.45) is 5.10 Å². The van der Waals surface area contributed by atoms with Crippen molar-refractivity contribution in [3.05, 3.63) is 29.8 Å². The maximum absolute atomic E-state index is 11.8. The summed E-state index contributed by atoms with van der Waals surface area (Å²) in [5.74, 6) is -0.841. The van der Waals surface area contributed by atoms with Gasteiger partial charge in [0, 0.05) is 30.4 Å². The predicted molar refractivity (Wildman–Crippen MR) is 118 cm³/mol. The number of carbonyl (C=O) groups is 4. The molecule has 2 rings (SSSR count). The summed E-state index contributed by atoms with van der Waals surface area (Å²) in [6.45, 7) is 5.77. The number of amides is 1. The van der Waals surface area contributed by atoms with Crippen molar-refractivity contribution < 1.29 is 28.7 Å². The molecule has 8 nitrogen and oxygen atoms in total. The number of hydrogen-bond acceptors (Lipinski definition) is 8. The van der Waals surface area contributed by atoms with Gasteiger partial charge in [0.1, 0.15) is 5.75 Å². The van der Waals surface area contributed by atoms with Crippen LogP contribution in [-0.2, 0) is 23.9 Å². The number of Topliss-reactive ketones (excluding diaryl/α,β-unsaturated/α-hetero) is 2. The summed E-state index contributed by atoms with van der Waals surface area (Å²) in [6.07, 6.45) is -0.242. The average molecular weight is 449 g/mol. The fraction of sp³-hybridized carbons (Fsp3) is 0.500. The van der Waals surface area contributed by atoms with Gasteiger partial charge in [-0.3, -0.25) is 19.2 Å². The number of nitrogens with one attached hydrogen (secondary N) is 1. The Morgan fingerprint density at radius 2 is 1.77 bits per heavy atom. The molecule has 9 heteroatoms. The van der Waals surface area contributed by atoms with Gasteiger partial charge in [0.25, 0.3) is 0 Å². The van der Waals surface area contributed by atoms with Gasteiger partial charge in [-0.05, 0) is 43.2 Å². The van der Waals surface area contributed by atoms with Gasteiger partial charge in [-0.15, -0.1) is 0 Å². The highest BCUT2D eigenvalue weighted by Crippen LogP contribution is 2.17. The summed E-state index contributed by atoms with van der Waals surface area (Å²) >= 11 is 4.32. The van der Waals surface area contributed by atoms with Crippen LogP contribution >= 0.6 is 12.6 Å². The van der Waals surface area contributed by atoms with E-state index in [0.717, 1.165) is 5.56 Å². The summed E-state index contributed by atoms with van der Waals surface area (Å²) in [7, 11) is 0. The van der Waals surface area contributed by atoms with Crippen LogP contribution < -0.4 is 10.2 Å². The van der Waals surface area contributed by atoms with Crippen LogP contribution in [0.15, 0.2) is 29.4 Å². The Hall–Kier alpha value is -2.68. The van der Waals surface area contributed by atoms with E-state index in [1.807, 2.05) is 26.0 Å². The molecule has 0 bridgehead atoms. The smallest absolute Gasteiger partial charge is 0.307 e. The first-order chi connectivity index (χ1) is 14.5. The molecule has 0 aromatic heterocycles. The zero-order valence-electron chi connectivity index (χ0n) is 18.0. The molecule has 1 amide bonds. The van der Waals surface area contributed by atoms with Crippen molar-refractivity contribution in [2.45, 2.75) is 63.7 Å². The molecule has 168 valence electrons. The quantitative estimate of drug-likeness (QED) is 0.142. The van der Waals surface area contributed by atoms with Gasteiger partial charge < -0.3 is 9.47 Å². The van der Waals surface area contributed by atoms with E-state index in [1.165, 1.54) is 0 Å². The Bertz CT molecular complexity index is 842. The third kappa shape index (κ3) is 8.53. The number of rotatable bonds is 10. The van der Waals surface area contributed by atoms with E-state index >= 15 is 0 Å². The average Bonchev–Trinajstić information content (AvgIpc) is 3.00. The van der Waals surface area contributed by atoms with Crippen LogP contribution in [0.5, 0.6) is 5.75 Å². The van der Waals surface area contributed by atoms with Crippen LogP contribution in [0.3, 0.4) is 0 Å². The Morgan fingerprint density at radius 1 is 1.16 bits per heavy atom. The SMILES string of the molecule is C/C(=N\NC(=O)CC(C)(C)S)c1ccc(OCCCC(=O)OC2C(=O)CCC2=O)cc1. The van der Waals surface area contributed by atoms with Crippen LogP contribution in [0.25, 0.3) is 0 Å². The number of hydrogen-bond donors (Lipinski definition) is 2. The largest absolute Gasteiger partial charge is 0.494 e. The van der Waals surface area contributed by atoms with Crippen LogP contribution in [-0.4, -0.2) is 46.6 Å². The molecule has 1 aromatic rings. The van der Waals surface area contributed by atoms with Crippen LogP contribution in [0.4, 0.5) is 0 Å². The van der Waals surface area contributed by atoms with E-state index in [4.69, 9.17) is 9.47 Å². The number of thiol groups is 1. The lowest BCUT2D eigenvalue weighted by Gasteiger charge is -2.15. The van der Waals surface area contributed by atoms with E-state index in [9.17, 15) is 19.2 Å². The topological polar surface area (TPSA) is 111 Å². The summed E-state index contributed by atoms with van der Waals surface area (Å²) in [4.78, 5) is 46.6. The fourth-order valence-corrected chi connectivity index (χ4v) is 3.00. The van der Waals surface area contributed by atoms with E-state index in [0.29, 0.717) is 17.9 Å². The van der Waals surface area contributed by atoms with Gasteiger partial charge in [0.2, 0.25) is 12.0 Å². The Labute approximate surface area is 187 Å². The lowest BCUT2D eigenvalue weighted by atomic mass is 10.1. The molecular weight excluding hydrogens is 420 g/mol. The molecule has 0 saturated heterocycles. The second-order valence-electron chi connectivity index (χ2n) is 8.00. The standard InChI is InChI=1S/C22H28N2O6S/c1-14(23-24-19(27)13-22(2,3)31)15-6-8-16(9-7-15)29-12-4-5-20(28)30-21-17(25)10-11-18(21)26/h6-9,21,31H,4-5,10-13H2,1-3H3,(H,24,27)/b23-14+. The molecule has 0 atom stereocenters. The van der Waals surface area contributed by atoms with E-state index in [-0.39, 0.29) is 49.8 Å². The highest BCUT2D eigenvalue weighted by molar-refractivity contribution is 7.81. The molecule has 0 spiro atoms. The first-order valence-corrected chi connectivity index (χ1v) is 10.5. The zero-order chi connectivity index (χ0) is 23.0. The van der Waals surface area contributed by atoms with Crippen molar-refractivity contribution in [3.8, 4) is 5.75 Å². The second kappa shape index (κ2) is 11.1. The first kappa shape index (κ1) is 24.6. The molecule has 31 heavy (non-hydrogen) atoms. The zero-order valence-corrected chi connectivity index (χ0v) is 18.9. The van der Waals surface area contributed by atoms with Crippen LogP contribution in [0.1, 0.15) is 58.4 Å². The van der Waals surface area contributed by atoms with Gasteiger partial charge in [-0.2, -0.15) is 17.7 Å². The Morgan fingerprint density at radius 3 is 2.35 bits per heavy atom. The molecular formula is C22H28N2O6S. The van der Waals surface area contributed by atoms with Crippen LogP contribution in [0.2, 0.25) is 0 Å². The number of carbonyl (C=O) groups excluding carboxylic acids is 4. The van der Waals surface area contributed by atoms with E-state index in [1.54, 1.807) is 19.1 Å². The summed E-state index contributed by atoms with van der Waals surface area (Å²) < 4.78 is 10.1. The monoisotopic (exact) mass is 448 g/mol. The molecule has 0 unspecified atom stereocenters. The summed E-state index contributed by atoms with van der Waals surface area (Å²) in [6, 6.07) is 7.16. The Balaban J connectivity index is 1.72. The summed E-state index contributed by atoms with van der Waals surface area (Å²) in [5, 5.41) is 4.10. The molecule has 1 aromatic carbocycles. The minimum atomic E-state index is -1.22. The number of nitrogens with zero attached hydrogens (tertiary/aromatic N) is 1. The minimum Gasteiger partial charge on any atom is -0.494 e. The van der Waals surface area contributed by atoms with Gasteiger partial charge in [-0.1, -0.05) is 13.8 Å². The van der Waals surface area contributed by atoms with Gasteiger partial charge >= 0.3 is 5.97 Å². The molecule has 1 aliphatic carbocycles. The number of ketones is 2. The summed E-state index contributed by atoms with van der Waals surface area (Å²) in [5.41, 5.74) is 3.99. The highest BCUT2D eigenvalue weighted by atomic mass is 32.1. The lowest BCUT2D eigenvalue weighted by Crippen LogP contribution is -2.28.